The third-order valence-corrected chi connectivity index (χ3v) is 9.79. The molecular formula is C35H32N4O8. The summed E-state index contributed by atoms with van der Waals surface area (Å²) < 4.78 is 0. The lowest BCUT2D eigenvalue weighted by Crippen LogP contribution is -2.26. The molecular weight excluding hydrogens is 604 g/mol. The van der Waals surface area contributed by atoms with Crippen LogP contribution in [0.15, 0.2) is 60.7 Å². The first kappa shape index (κ1) is 31.2. The predicted molar refractivity (Wildman–Crippen MR) is 173 cm³/mol. The van der Waals surface area contributed by atoms with Crippen molar-refractivity contribution in [3.63, 3.8) is 0 Å². The number of hydrogen-bond donors (Lipinski definition) is 4. The van der Waals surface area contributed by atoms with Gasteiger partial charge >= 0.3 is 0 Å². The number of nitro benzene ring substituents is 2. The summed E-state index contributed by atoms with van der Waals surface area (Å²) in [6, 6.07) is 14.1. The number of aromatic hydroxyl groups is 2. The number of phenolic OH excluding ortho intramolecular Hbond substituents is 2. The maximum Gasteiger partial charge on any atom is 0.270 e. The van der Waals surface area contributed by atoms with Crippen molar-refractivity contribution in [1.82, 2.24) is 0 Å². The van der Waals surface area contributed by atoms with Gasteiger partial charge in [0.25, 0.3) is 11.4 Å². The third kappa shape index (κ3) is 4.67. The number of rotatable bonds is 6. The van der Waals surface area contributed by atoms with Gasteiger partial charge in [0.05, 0.1) is 9.85 Å². The zero-order valence-corrected chi connectivity index (χ0v) is 26.1. The van der Waals surface area contributed by atoms with E-state index in [1.54, 1.807) is 24.3 Å². The highest BCUT2D eigenvalue weighted by atomic mass is 16.6. The Kier molecular flexibility index (Phi) is 6.72. The minimum Gasteiger partial charge on any atom is -0.507 e. The van der Waals surface area contributed by atoms with Crippen LogP contribution in [0.3, 0.4) is 0 Å². The van der Waals surface area contributed by atoms with Gasteiger partial charge in [0, 0.05) is 63.1 Å². The molecule has 4 aromatic rings. The molecule has 0 saturated carbocycles. The van der Waals surface area contributed by atoms with E-state index in [4.69, 9.17) is 11.5 Å². The Bertz CT molecular complexity index is 1950. The molecule has 4 aromatic carbocycles. The van der Waals surface area contributed by atoms with Crippen molar-refractivity contribution >= 4 is 23.2 Å². The van der Waals surface area contributed by atoms with Gasteiger partial charge in [-0.1, -0.05) is 27.7 Å². The quantitative estimate of drug-likeness (QED) is 0.143. The number of non-ortho nitro benzene ring substituents is 2. The first-order valence-corrected chi connectivity index (χ1v) is 14.8. The largest absolute Gasteiger partial charge is 0.507 e. The van der Waals surface area contributed by atoms with E-state index in [0.29, 0.717) is 12.8 Å². The van der Waals surface area contributed by atoms with Crippen LogP contribution in [-0.4, -0.2) is 31.9 Å². The molecule has 240 valence electrons. The first-order valence-electron chi connectivity index (χ1n) is 14.8. The van der Waals surface area contributed by atoms with Gasteiger partial charge in [-0.25, -0.2) is 0 Å². The smallest absolute Gasteiger partial charge is 0.270 e. The molecule has 0 saturated heterocycles. The Hall–Kier alpha value is -5.78. The standard InChI is InChI=1S/C35H32N4O8/c1-33(2)15-35(27-13-29(40)23(11-25(27)33)21-9-17(38(44)45)5-7-19(21)31(36)42)16-34(3,4)26-12-24(30(41)14-28(26)35)22-10-18(39(46)47)6-8-20(22)32(37)43/h5-14,40-41H,15-16H2,1-4H3,(H2,36,42)(H2,37,43). The Morgan fingerprint density at radius 1 is 0.617 bits per heavy atom. The summed E-state index contributed by atoms with van der Waals surface area (Å²) in [5, 5.41) is 46.1. The molecule has 0 radical (unpaired) electrons. The number of amides is 2. The van der Waals surface area contributed by atoms with Crippen LogP contribution in [-0.2, 0) is 16.2 Å². The molecule has 2 aliphatic rings. The maximum absolute atomic E-state index is 12.3. The van der Waals surface area contributed by atoms with Crippen molar-refractivity contribution < 1.29 is 29.6 Å². The Morgan fingerprint density at radius 3 is 1.30 bits per heavy atom. The maximum atomic E-state index is 12.3. The summed E-state index contributed by atoms with van der Waals surface area (Å²) in [7, 11) is 0. The zero-order valence-electron chi connectivity index (χ0n) is 26.1. The summed E-state index contributed by atoms with van der Waals surface area (Å²) in [6.07, 6.45) is 1.16. The third-order valence-electron chi connectivity index (χ3n) is 9.79. The van der Waals surface area contributed by atoms with E-state index in [-0.39, 0.29) is 56.3 Å². The van der Waals surface area contributed by atoms with Crippen LogP contribution in [0.5, 0.6) is 11.5 Å². The van der Waals surface area contributed by atoms with Gasteiger partial charge in [0.2, 0.25) is 11.8 Å². The van der Waals surface area contributed by atoms with Gasteiger partial charge in [-0.05, 0) is 82.3 Å². The van der Waals surface area contributed by atoms with Crippen LogP contribution in [0.1, 0.15) is 83.5 Å². The molecule has 0 bridgehead atoms. The fraction of sp³-hybridized carbons (Fsp3) is 0.257. The van der Waals surface area contributed by atoms with Crippen LogP contribution in [0.4, 0.5) is 11.4 Å². The number of hydrogen-bond acceptors (Lipinski definition) is 8. The lowest BCUT2D eigenvalue weighted by molar-refractivity contribution is -0.385. The van der Waals surface area contributed by atoms with Crippen molar-refractivity contribution in [2.45, 2.75) is 56.8 Å². The molecule has 6 rings (SSSR count). The normalized spacial score (nSPS) is 16.4. The predicted octanol–water partition coefficient (Wildman–Crippen LogP) is 6.09. The number of primary amides is 2. The van der Waals surface area contributed by atoms with Gasteiger partial charge < -0.3 is 21.7 Å². The zero-order chi connectivity index (χ0) is 34.4. The van der Waals surface area contributed by atoms with E-state index in [0.717, 1.165) is 22.3 Å². The lowest BCUT2D eigenvalue weighted by atomic mass is 9.72. The van der Waals surface area contributed by atoms with Gasteiger partial charge in [0.15, 0.2) is 0 Å². The van der Waals surface area contributed by atoms with E-state index in [1.807, 2.05) is 27.7 Å². The summed E-state index contributed by atoms with van der Waals surface area (Å²) in [4.78, 5) is 46.6. The van der Waals surface area contributed by atoms with Crippen LogP contribution in [0, 0.1) is 20.2 Å². The number of carbonyl (C=O) groups is 2. The molecule has 0 fully saturated rings. The van der Waals surface area contributed by atoms with Gasteiger partial charge in [-0.2, -0.15) is 0 Å². The van der Waals surface area contributed by atoms with Gasteiger partial charge in [0.1, 0.15) is 11.5 Å². The average molecular weight is 637 g/mol. The average Bonchev–Trinajstić information content (AvgIpc) is 3.33. The topological polar surface area (TPSA) is 213 Å². The fourth-order valence-corrected chi connectivity index (χ4v) is 7.97. The Balaban J connectivity index is 1.58. The molecule has 0 unspecified atom stereocenters. The highest BCUT2D eigenvalue weighted by Gasteiger charge is 2.57. The number of fused-ring (bicyclic) bond motifs is 4. The summed E-state index contributed by atoms with van der Waals surface area (Å²) in [6.45, 7) is 8.19. The van der Waals surface area contributed by atoms with Crippen molar-refractivity contribution in [3.05, 3.63) is 114 Å². The minimum atomic E-state index is -0.800. The number of phenols is 2. The van der Waals surface area contributed by atoms with E-state index in [2.05, 4.69) is 0 Å². The second-order valence-electron chi connectivity index (χ2n) is 13.7. The Morgan fingerprint density at radius 2 is 0.979 bits per heavy atom. The van der Waals surface area contributed by atoms with Crippen molar-refractivity contribution in [1.29, 1.82) is 0 Å². The second kappa shape index (κ2) is 10.1. The summed E-state index contributed by atoms with van der Waals surface area (Å²) >= 11 is 0. The van der Waals surface area contributed by atoms with Crippen LogP contribution in [0.2, 0.25) is 0 Å². The van der Waals surface area contributed by atoms with E-state index in [9.17, 15) is 40.0 Å². The van der Waals surface area contributed by atoms with Gasteiger partial charge in [-0.15, -0.1) is 0 Å². The highest BCUT2D eigenvalue weighted by Crippen LogP contribution is 2.64. The van der Waals surface area contributed by atoms with Gasteiger partial charge in [-0.3, -0.25) is 29.8 Å². The highest BCUT2D eigenvalue weighted by molar-refractivity contribution is 6.02. The molecule has 0 aromatic heterocycles. The van der Waals surface area contributed by atoms with Crippen LogP contribution in [0.25, 0.3) is 22.3 Å². The molecule has 0 aliphatic heterocycles. The fourth-order valence-electron chi connectivity index (χ4n) is 7.97. The van der Waals surface area contributed by atoms with Crippen molar-refractivity contribution in [3.8, 4) is 33.8 Å². The van der Waals surface area contributed by atoms with Crippen molar-refractivity contribution in [2.75, 3.05) is 0 Å². The first-order chi connectivity index (χ1) is 21.9. The number of nitro groups is 2. The molecule has 2 amide bonds. The minimum absolute atomic E-state index is 0.0256. The number of nitrogens with two attached hydrogens (primary N) is 2. The molecule has 2 aliphatic carbocycles. The summed E-state index contributed by atoms with van der Waals surface area (Å²) in [5.41, 5.74) is 13.2. The second-order valence-corrected chi connectivity index (χ2v) is 13.7. The SMILES string of the molecule is CC1(C)CC2(CC(C)(C)c3cc(-c4cc([N+](=O)[O-])ccc4C(N)=O)c(O)cc32)c2cc(O)c(-c3cc([N+](=O)[O-])ccc3C(N)=O)cc21. The molecule has 47 heavy (non-hydrogen) atoms. The lowest BCUT2D eigenvalue weighted by Gasteiger charge is -2.30. The molecule has 6 N–H and O–H groups in total. The monoisotopic (exact) mass is 636 g/mol. The number of nitrogens with zero attached hydrogens (tertiary/aromatic N) is 2. The molecule has 1 spiro atoms. The van der Waals surface area contributed by atoms with E-state index < -0.39 is 37.9 Å². The number of carbonyl (C=O) groups excluding carboxylic acids is 2. The molecule has 12 nitrogen and oxygen atoms in total. The van der Waals surface area contributed by atoms with Crippen LogP contribution >= 0.6 is 0 Å². The molecule has 0 atom stereocenters. The van der Waals surface area contributed by atoms with Crippen molar-refractivity contribution in [2.24, 2.45) is 11.5 Å². The Labute approximate surface area is 269 Å². The van der Waals surface area contributed by atoms with E-state index in [1.165, 1.54) is 36.4 Å². The van der Waals surface area contributed by atoms with E-state index >= 15 is 0 Å². The molecule has 0 heterocycles. The van der Waals surface area contributed by atoms with Crippen LogP contribution < -0.4 is 11.5 Å². The molecule has 12 heteroatoms. The number of benzene rings is 4. The summed E-state index contributed by atoms with van der Waals surface area (Å²) in [5.74, 6) is -1.99.